The van der Waals surface area contributed by atoms with E-state index in [2.05, 4.69) is 48.0 Å². The Kier molecular flexibility index (Phi) is 8.38. The topological polar surface area (TPSA) is 79.5 Å². The number of benzene rings is 3. The lowest BCUT2D eigenvalue weighted by Gasteiger charge is -2.12. The van der Waals surface area contributed by atoms with E-state index < -0.39 is 11.8 Å². The fraction of sp³-hybridized carbons (Fsp3) is 0.0870. The zero-order valence-electron chi connectivity index (χ0n) is 16.9. The molecule has 32 heavy (non-hydrogen) atoms. The summed E-state index contributed by atoms with van der Waals surface area (Å²) in [7, 11) is 0. The minimum absolute atomic E-state index is 0.0330. The summed E-state index contributed by atoms with van der Waals surface area (Å²) in [5.74, 6) is -0.341. The van der Waals surface area contributed by atoms with E-state index in [0.717, 1.165) is 30.8 Å². The van der Waals surface area contributed by atoms with Crippen molar-refractivity contribution in [2.75, 3.05) is 6.61 Å². The van der Waals surface area contributed by atoms with E-state index in [-0.39, 0.29) is 11.7 Å². The van der Waals surface area contributed by atoms with Gasteiger partial charge < -0.3 is 4.74 Å². The van der Waals surface area contributed by atoms with Gasteiger partial charge in [0.15, 0.2) is 11.7 Å². The molecule has 0 atom stereocenters. The quantitative estimate of drug-likeness (QED) is 0.231. The summed E-state index contributed by atoms with van der Waals surface area (Å²) in [5, 5.41) is 4.41. The molecule has 6 nitrogen and oxygen atoms in total. The second-order valence-corrected chi connectivity index (χ2v) is 8.88. The standard InChI is InChI=1S/C23H19Br2N3O3S/c1-14-2-4-15(5-3-14)6-11-20(29)26-23(32)28-27-21(30)13-31-19-10-7-16-12-17(24)8-9-18(16)22(19)25/h2-12H,13H2,1H3,(H,27,30)(H2,26,28,29,32). The van der Waals surface area contributed by atoms with Crippen molar-refractivity contribution in [2.45, 2.75) is 6.92 Å². The lowest BCUT2D eigenvalue weighted by molar-refractivity contribution is -0.123. The Morgan fingerprint density at radius 2 is 1.78 bits per heavy atom. The SMILES string of the molecule is Cc1ccc(C=CC(=O)NC(=S)NNC(=O)COc2ccc3cc(Br)ccc3c2Br)cc1. The Morgan fingerprint density at radius 1 is 1.03 bits per heavy atom. The number of hydrogen-bond acceptors (Lipinski definition) is 4. The molecule has 0 unspecified atom stereocenters. The molecule has 0 spiro atoms. The van der Waals surface area contributed by atoms with E-state index >= 15 is 0 Å². The molecule has 0 aliphatic heterocycles. The Hall–Kier alpha value is -2.75. The molecule has 0 aliphatic carbocycles. The van der Waals surface area contributed by atoms with Crippen molar-refractivity contribution in [2.24, 2.45) is 0 Å². The molecule has 3 N–H and O–H groups in total. The first kappa shape index (κ1) is 23.9. The zero-order chi connectivity index (χ0) is 23.1. The molecule has 0 heterocycles. The van der Waals surface area contributed by atoms with Gasteiger partial charge in [-0.3, -0.25) is 25.8 Å². The number of amides is 2. The van der Waals surface area contributed by atoms with Crippen molar-refractivity contribution in [3.05, 3.63) is 80.7 Å². The van der Waals surface area contributed by atoms with Crippen LogP contribution in [-0.2, 0) is 9.59 Å². The average molecular weight is 577 g/mol. The summed E-state index contributed by atoms with van der Waals surface area (Å²) in [6, 6.07) is 17.3. The molecule has 0 aliphatic rings. The van der Waals surface area contributed by atoms with Gasteiger partial charge in [-0.25, -0.2) is 0 Å². The van der Waals surface area contributed by atoms with Gasteiger partial charge in [0.1, 0.15) is 5.75 Å². The minimum atomic E-state index is -0.459. The van der Waals surface area contributed by atoms with Gasteiger partial charge in [-0.1, -0.05) is 57.9 Å². The van der Waals surface area contributed by atoms with E-state index in [1.807, 2.05) is 55.5 Å². The minimum Gasteiger partial charge on any atom is -0.483 e. The van der Waals surface area contributed by atoms with Gasteiger partial charge in [0.2, 0.25) is 5.91 Å². The molecular formula is C23H19Br2N3O3S. The summed E-state index contributed by atoms with van der Waals surface area (Å²) in [6.07, 6.45) is 3.03. The van der Waals surface area contributed by atoms with Crippen LogP contribution in [0.4, 0.5) is 0 Å². The number of thiocarbonyl (C=S) groups is 1. The molecule has 164 valence electrons. The van der Waals surface area contributed by atoms with Gasteiger partial charge in [-0.05, 0) is 75.7 Å². The molecule has 0 aromatic heterocycles. The van der Waals surface area contributed by atoms with Gasteiger partial charge in [0.25, 0.3) is 5.91 Å². The maximum atomic E-state index is 12.1. The van der Waals surface area contributed by atoms with Gasteiger partial charge in [-0.15, -0.1) is 0 Å². The highest BCUT2D eigenvalue weighted by atomic mass is 79.9. The fourth-order valence-corrected chi connectivity index (χ4v) is 3.83. The van der Waals surface area contributed by atoms with Crippen LogP contribution >= 0.6 is 44.1 Å². The maximum absolute atomic E-state index is 12.1. The number of halogens is 2. The second-order valence-electron chi connectivity index (χ2n) is 6.77. The second kappa shape index (κ2) is 11.2. The number of hydrogen-bond donors (Lipinski definition) is 3. The van der Waals surface area contributed by atoms with Crippen molar-refractivity contribution in [1.29, 1.82) is 0 Å². The van der Waals surface area contributed by atoms with Crippen LogP contribution in [0.1, 0.15) is 11.1 Å². The molecule has 3 rings (SSSR count). The Bertz CT molecular complexity index is 1200. The molecule has 0 bridgehead atoms. The Balaban J connectivity index is 1.44. The van der Waals surface area contributed by atoms with Crippen LogP contribution < -0.4 is 20.9 Å². The molecule has 2 amide bonds. The van der Waals surface area contributed by atoms with E-state index in [9.17, 15) is 9.59 Å². The molecule has 0 saturated carbocycles. The smallest absolute Gasteiger partial charge is 0.276 e. The molecule has 0 fully saturated rings. The maximum Gasteiger partial charge on any atom is 0.276 e. The normalized spacial score (nSPS) is 10.7. The molecule has 0 saturated heterocycles. The zero-order valence-corrected chi connectivity index (χ0v) is 20.9. The Labute approximate surface area is 207 Å². The van der Waals surface area contributed by atoms with Crippen molar-refractivity contribution >= 4 is 77.9 Å². The van der Waals surface area contributed by atoms with E-state index in [1.165, 1.54) is 6.08 Å². The summed E-state index contributed by atoms with van der Waals surface area (Å²) in [6.45, 7) is 1.75. The third-order valence-electron chi connectivity index (χ3n) is 4.30. The first-order valence-corrected chi connectivity index (χ1v) is 11.5. The number of ether oxygens (including phenoxy) is 1. The number of hydrazine groups is 1. The highest BCUT2D eigenvalue weighted by molar-refractivity contribution is 9.11. The number of nitrogens with one attached hydrogen (secondary N) is 3. The van der Waals surface area contributed by atoms with Gasteiger partial charge >= 0.3 is 0 Å². The summed E-state index contributed by atoms with van der Waals surface area (Å²) in [4.78, 5) is 24.0. The molecule has 0 radical (unpaired) electrons. The summed E-state index contributed by atoms with van der Waals surface area (Å²) >= 11 is 12.0. The molecule has 3 aromatic carbocycles. The van der Waals surface area contributed by atoms with Crippen LogP contribution in [0.3, 0.4) is 0 Å². The van der Waals surface area contributed by atoms with E-state index in [1.54, 1.807) is 12.1 Å². The van der Waals surface area contributed by atoms with Crippen molar-refractivity contribution in [1.82, 2.24) is 16.2 Å². The van der Waals surface area contributed by atoms with Crippen LogP contribution in [0.5, 0.6) is 5.75 Å². The highest BCUT2D eigenvalue weighted by Gasteiger charge is 2.10. The third-order valence-corrected chi connectivity index (χ3v) is 5.81. The van der Waals surface area contributed by atoms with Crippen LogP contribution in [0.2, 0.25) is 0 Å². The fourth-order valence-electron chi connectivity index (χ4n) is 2.69. The summed E-state index contributed by atoms with van der Waals surface area (Å²) < 4.78 is 7.33. The first-order chi connectivity index (χ1) is 15.3. The van der Waals surface area contributed by atoms with Crippen LogP contribution in [0.25, 0.3) is 16.8 Å². The number of carbonyl (C=O) groups is 2. The highest BCUT2D eigenvalue weighted by Crippen LogP contribution is 2.34. The van der Waals surface area contributed by atoms with Gasteiger partial charge in [-0.2, -0.15) is 0 Å². The van der Waals surface area contributed by atoms with Gasteiger partial charge in [0, 0.05) is 10.5 Å². The predicted molar refractivity (Wildman–Crippen MR) is 137 cm³/mol. The van der Waals surface area contributed by atoms with Crippen molar-refractivity contribution in [3.63, 3.8) is 0 Å². The van der Waals surface area contributed by atoms with Crippen LogP contribution in [0.15, 0.2) is 69.6 Å². The first-order valence-electron chi connectivity index (χ1n) is 9.47. The monoisotopic (exact) mass is 575 g/mol. The third kappa shape index (κ3) is 6.88. The number of rotatable bonds is 5. The van der Waals surface area contributed by atoms with Gasteiger partial charge in [0.05, 0.1) is 4.47 Å². The lowest BCUT2D eigenvalue weighted by Crippen LogP contribution is -2.49. The number of fused-ring (bicyclic) bond motifs is 1. The summed E-state index contributed by atoms with van der Waals surface area (Å²) in [5.41, 5.74) is 6.89. The number of carbonyl (C=O) groups excluding carboxylic acids is 2. The largest absolute Gasteiger partial charge is 0.483 e. The number of aryl methyl sites for hydroxylation is 1. The van der Waals surface area contributed by atoms with E-state index in [0.29, 0.717) is 5.75 Å². The van der Waals surface area contributed by atoms with Crippen molar-refractivity contribution in [3.8, 4) is 5.75 Å². The average Bonchev–Trinajstić information content (AvgIpc) is 2.77. The van der Waals surface area contributed by atoms with Crippen molar-refractivity contribution < 1.29 is 14.3 Å². The lowest BCUT2D eigenvalue weighted by atomic mass is 10.1. The Morgan fingerprint density at radius 3 is 2.53 bits per heavy atom. The van der Waals surface area contributed by atoms with E-state index in [4.69, 9.17) is 17.0 Å². The predicted octanol–water partition coefficient (Wildman–Crippen LogP) is 4.79. The van der Waals surface area contributed by atoms with Crippen LogP contribution in [-0.4, -0.2) is 23.5 Å². The van der Waals surface area contributed by atoms with Crippen LogP contribution in [0, 0.1) is 6.92 Å². The molecule has 3 aromatic rings. The molecular weight excluding hydrogens is 558 g/mol. The molecule has 9 heteroatoms.